The van der Waals surface area contributed by atoms with Gasteiger partial charge < -0.3 is 0 Å². The maximum atomic E-state index is 11.5. The molecule has 1 aliphatic carbocycles. The predicted octanol–water partition coefficient (Wildman–Crippen LogP) is 2.00. The third-order valence-electron chi connectivity index (χ3n) is 1.76. The van der Waals surface area contributed by atoms with E-state index in [0.717, 1.165) is 18.3 Å². The van der Waals surface area contributed by atoms with Crippen molar-refractivity contribution in [2.24, 2.45) is 11.8 Å². The van der Waals surface area contributed by atoms with Crippen molar-refractivity contribution >= 4 is 0 Å². The van der Waals surface area contributed by atoms with E-state index in [9.17, 15) is 4.39 Å². The van der Waals surface area contributed by atoms with Crippen molar-refractivity contribution in [3.63, 3.8) is 0 Å². The SMILES string of the molecule is CC1C[C@@H]1CCF. The van der Waals surface area contributed by atoms with E-state index in [-0.39, 0.29) is 6.67 Å². The number of halogens is 1. The zero-order valence-electron chi connectivity index (χ0n) is 4.65. The summed E-state index contributed by atoms with van der Waals surface area (Å²) >= 11 is 0. The first-order valence-electron chi connectivity index (χ1n) is 2.90. The first-order chi connectivity index (χ1) is 3.34. The minimum absolute atomic E-state index is 0.116. The average molecular weight is 102 g/mol. The van der Waals surface area contributed by atoms with Crippen molar-refractivity contribution in [1.82, 2.24) is 0 Å². The van der Waals surface area contributed by atoms with Gasteiger partial charge in [-0.3, -0.25) is 4.39 Å². The van der Waals surface area contributed by atoms with Gasteiger partial charge >= 0.3 is 0 Å². The zero-order valence-corrected chi connectivity index (χ0v) is 4.65. The van der Waals surface area contributed by atoms with Crippen LogP contribution in [0.5, 0.6) is 0 Å². The Balaban J connectivity index is 1.98. The highest BCUT2D eigenvalue weighted by molar-refractivity contribution is 4.81. The lowest BCUT2D eigenvalue weighted by molar-refractivity contribution is 0.446. The molecule has 0 bridgehead atoms. The van der Waals surface area contributed by atoms with E-state index in [4.69, 9.17) is 0 Å². The Kier molecular flexibility index (Phi) is 1.31. The molecule has 0 aliphatic heterocycles. The van der Waals surface area contributed by atoms with Crippen LogP contribution in [0.25, 0.3) is 0 Å². The molecule has 1 unspecified atom stereocenters. The van der Waals surface area contributed by atoms with E-state index < -0.39 is 0 Å². The Morgan fingerprint density at radius 3 is 2.43 bits per heavy atom. The highest BCUT2D eigenvalue weighted by Gasteiger charge is 2.31. The number of hydrogen-bond acceptors (Lipinski definition) is 0. The van der Waals surface area contributed by atoms with Gasteiger partial charge in [0, 0.05) is 0 Å². The van der Waals surface area contributed by atoms with Gasteiger partial charge in [-0.15, -0.1) is 0 Å². The quantitative estimate of drug-likeness (QED) is 0.500. The van der Waals surface area contributed by atoms with Crippen molar-refractivity contribution in [2.45, 2.75) is 19.8 Å². The molecular formula is C6H11F. The molecule has 1 rings (SSSR count). The molecule has 2 atom stereocenters. The monoisotopic (exact) mass is 102 g/mol. The van der Waals surface area contributed by atoms with Crippen LogP contribution in [0.1, 0.15) is 19.8 Å². The summed E-state index contributed by atoms with van der Waals surface area (Å²) in [6, 6.07) is 0. The molecule has 0 amide bonds. The Morgan fingerprint density at radius 1 is 1.71 bits per heavy atom. The van der Waals surface area contributed by atoms with Gasteiger partial charge in [0.1, 0.15) is 0 Å². The van der Waals surface area contributed by atoms with Crippen LogP contribution in [0.2, 0.25) is 0 Å². The third kappa shape index (κ3) is 1.15. The van der Waals surface area contributed by atoms with Crippen LogP contribution in [0.15, 0.2) is 0 Å². The number of hydrogen-bond donors (Lipinski definition) is 0. The first-order valence-corrected chi connectivity index (χ1v) is 2.90. The van der Waals surface area contributed by atoms with Gasteiger partial charge in [-0.25, -0.2) is 0 Å². The van der Waals surface area contributed by atoms with Crippen molar-refractivity contribution in [2.75, 3.05) is 6.67 Å². The molecule has 0 saturated heterocycles. The minimum Gasteiger partial charge on any atom is -0.251 e. The Hall–Kier alpha value is -0.0700. The molecule has 0 spiro atoms. The molecule has 0 nitrogen and oxygen atoms in total. The van der Waals surface area contributed by atoms with Gasteiger partial charge in [0.25, 0.3) is 0 Å². The molecule has 0 aromatic heterocycles. The fourth-order valence-corrected chi connectivity index (χ4v) is 0.941. The highest BCUT2D eigenvalue weighted by atomic mass is 19.1. The van der Waals surface area contributed by atoms with E-state index in [2.05, 4.69) is 6.92 Å². The summed E-state index contributed by atoms with van der Waals surface area (Å²) in [7, 11) is 0. The molecule has 0 radical (unpaired) electrons. The predicted molar refractivity (Wildman–Crippen MR) is 27.9 cm³/mol. The summed E-state index contributed by atoms with van der Waals surface area (Å²) in [5, 5.41) is 0. The molecule has 1 fully saturated rings. The van der Waals surface area contributed by atoms with Gasteiger partial charge in [-0.2, -0.15) is 0 Å². The van der Waals surface area contributed by atoms with Gasteiger partial charge in [-0.1, -0.05) is 6.92 Å². The molecule has 0 aromatic carbocycles. The lowest BCUT2D eigenvalue weighted by Crippen LogP contribution is -1.78. The maximum Gasteiger partial charge on any atom is 0.0897 e. The van der Waals surface area contributed by atoms with Gasteiger partial charge in [-0.05, 0) is 24.7 Å². The Morgan fingerprint density at radius 2 is 2.29 bits per heavy atom. The lowest BCUT2D eigenvalue weighted by Gasteiger charge is -1.84. The molecule has 0 N–H and O–H groups in total. The van der Waals surface area contributed by atoms with Gasteiger partial charge in [0.15, 0.2) is 0 Å². The summed E-state index contributed by atoms with van der Waals surface area (Å²) in [6.45, 7) is 2.06. The van der Waals surface area contributed by atoms with Crippen LogP contribution >= 0.6 is 0 Å². The summed E-state index contributed by atoms with van der Waals surface area (Å²) in [5.74, 6) is 1.57. The molecule has 1 heteroatoms. The van der Waals surface area contributed by atoms with E-state index in [1.165, 1.54) is 6.42 Å². The standard InChI is InChI=1S/C6H11F/c1-5-4-6(5)2-3-7/h5-6H,2-4H2,1H3/t5?,6-/m0/s1. The fourth-order valence-electron chi connectivity index (χ4n) is 0.941. The normalized spacial score (nSPS) is 38.6. The van der Waals surface area contributed by atoms with E-state index in [1.807, 2.05) is 0 Å². The van der Waals surface area contributed by atoms with E-state index >= 15 is 0 Å². The molecule has 0 aromatic rings. The molecule has 7 heavy (non-hydrogen) atoms. The van der Waals surface area contributed by atoms with Crippen LogP contribution in [-0.2, 0) is 0 Å². The van der Waals surface area contributed by atoms with E-state index in [1.54, 1.807) is 0 Å². The second kappa shape index (κ2) is 1.81. The lowest BCUT2D eigenvalue weighted by atomic mass is 10.3. The van der Waals surface area contributed by atoms with Crippen LogP contribution in [0, 0.1) is 11.8 Å². The first kappa shape index (κ1) is 5.07. The molecule has 0 heterocycles. The largest absolute Gasteiger partial charge is 0.251 e. The van der Waals surface area contributed by atoms with Gasteiger partial charge in [0.2, 0.25) is 0 Å². The topological polar surface area (TPSA) is 0 Å². The average Bonchev–Trinajstić information content (AvgIpc) is 2.22. The van der Waals surface area contributed by atoms with Crippen LogP contribution in [0.3, 0.4) is 0 Å². The third-order valence-corrected chi connectivity index (χ3v) is 1.76. The maximum absolute atomic E-state index is 11.5. The Bertz CT molecular complexity index is 61.2. The number of alkyl halides is 1. The second-order valence-electron chi connectivity index (χ2n) is 2.45. The minimum atomic E-state index is -0.116. The van der Waals surface area contributed by atoms with Crippen molar-refractivity contribution in [3.8, 4) is 0 Å². The van der Waals surface area contributed by atoms with Crippen LogP contribution < -0.4 is 0 Å². The summed E-state index contributed by atoms with van der Waals surface area (Å²) in [6.07, 6.45) is 2.07. The van der Waals surface area contributed by atoms with Crippen LogP contribution in [0.4, 0.5) is 4.39 Å². The summed E-state index contributed by atoms with van der Waals surface area (Å²) < 4.78 is 11.5. The summed E-state index contributed by atoms with van der Waals surface area (Å²) in [5.41, 5.74) is 0. The van der Waals surface area contributed by atoms with Crippen molar-refractivity contribution < 1.29 is 4.39 Å². The molecule has 1 aliphatic rings. The Labute approximate surface area is 43.7 Å². The van der Waals surface area contributed by atoms with Crippen molar-refractivity contribution in [1.29, 1.82) is 0 Å². The zero-order chi connectivity index (χ0) is 5.28. The second-order valence-corrected chi connectivity index (χ2v) is 2.45. The van der Waals surface area contributed by atoms with Crippen molar-refractivity contribution in [3.05, 3.63) is 0 Å². The number of rotatable bonds is 2. The molecular weight excluding hydrogens is 91.1 g/mol. The smallest absolute Gasteiger partial charge is 0.0897 e. The summed E-state index contributed by atoms with van der Waals surface area (Å²) in [4.78, 5) is 0. The van der Waals surface area contributed by atoms with Gasteiger partial charge in [0.05, 0.1) is 6.67 Å². The molecule has 42 valence electrons. The fraction of sp³-hybridized carbons (Fsp3) is 1.00. The van der Waals surface area contributed by atoms with E-state index in [0.29, 0.717) is 0 Å². The molecule has 1 saturated carbocycles. The highest BCUT2D eigenvalue weighted by Crippen LogP contribution is 2.40. The van der Waals surface area contributed by atoms with Crippen LogP contribution in [-0.4, -0.2) is 6.67 Å².